The monoisotopic (exact) mass is 216 g/mol. The molecule has 2 rings (SSSR count). The van der Waals surface area contributed by atoms with Crippen molar-refractivity contribution >= 4 is 11.6 Å². The van der Waals surface area contributed by atoms with Crippen molar-refractivity contribution in [1.82, 2.24) is 5.16 Å². The van der Waals surface area contributed by atoms with Crippen LogP contribution in [0.2, 0.25) is 0 Å². The molecule has 1 N–H and O–H groups in total. The van der Waals surface area contributed by atoms with Crippen LogP contribution in [-0.4, -0.2) is 11.1 Å². The summed E-state index contributed by atoms with van der Waals surface area (Å²) in [4.78, 5) is 11.1. The number of benzene rings is 1. The van der Waals surface area contributed by atoms with Gasteiger partial charge in [-0.3, -0.25) is 4.79 Å². The maximum atomic E-state index is 11.1. The van der Waals surface area contributed by atoms with Gasteiger partial charge in [0.05, 0.1) is 5.69 Å². The van der Waals surface area contributed by atoms with Gasteiger partial charge in [-0.1, -0.05) is 17.3 Å². The average molecular weight is 216 g/mol. The van der Waals surface area contributed by atoms with E-state index in [0.717, 1.165) is 22.5 Å². The Labute approximate surface area is 93.3 Å². The molecule has 1 aromatic carbocycles. The number of nitrogens with one attached hydrogen (secondary N) is 1. The van der Waals surface area contributed by atoms with Crippen molar-refractivity contribution in [1.29, 1.82) is 0 Å². The van der Waals surface area contributed by atoms with Crippen molar-refractivity contribution in [3.8, 4) is 11.3 Å². The molecule has 0 saturated carbocycles. The molecule has 0 spiro atoms. The number of hydrogen-bond donors (Lipinski definition) is 1. The molecule has 1 amide bonds. The summed E-state index contributed by atoms with van der Waals surface area (Å²) in [6.45, 7) is 3.45. The van der Waals surface area contributed by atoms with Crippen LogP contribution in [0.5, 0.6) is 0 Å². The van der Waals surface area contributed by atoms with Crippen LogP contribution in [0.4, 0.5) is 5.69 Å². The summed E-state index contributed by atoms with van der Waals surface area (Å²) in [6, 6.07) is 7.48. The summed E-state index contributed by atoms with van der Waals surface area (Å²) in [5, 5.41) is 6.67. The largest absolute Gasteiger partial charge is 0.364 e. The van der Waals surface area contributed by atoms with Gasteiger partial charge in [0.2, 0.25) is 5.91 Å². The van der Waals surface area contributed by atoms with E-state index in [1.165, 1.54) is 13.2 Å². The van der Waals surface area contributed by atoms with Crippen molar-refractivity contribution in [3.05, 3.63) is 36.1 Å². The van der Waals surface area contributed by atoms with Crippen LogP contribution in [-0.2, 0) is 4.79 Å². The van der Waals surface area contributed by atoms with Gasteiger partial charge in [-0.15, -0.1) is 0 Å². The molecule has 0 saturated heterocycles. The quantitative estimate of drug-likeness (QED) is 0.839. The van der Waals surface area contributed by atoms with Crippen LogP contribution >= 0.6 is 0 Å². The zero-order chi connectivity index (χ0) is 11.5. The molecule has 82 valence electrons. The number of carbonyl (C=O) groups is 1. The summed E-state index contributed by atoms with van der Waals surface area (Å²) in [7, 11) is 0. The molecule has 0 radical (unpaired) electrons. The Morgan fingerprint density at radius 2 is 2.19 bits per heavy atom. The second-order valence-electron chi connectivity index (χ2n) is 3.56. The normalized spacial score (nSPS) is 10.1. The average Bonchev–Trinajstić information content (AvgIpc) is 2.69. The molecule has 1 aromatic heterocycles. The molecule has 0 unspecified atom stereocenters. The first-order valence-corrected chi connectivity index (χ1v) is 4.96. The molecule has 4 nitrogen and oxygen atoms in total. The Morgan fingerprint density at radius 3 is 2.81 bits per heavy atom. The van der Waals surface area contributed by atoms with Crippen molar-refractivity contribution in [2.45, 2.75) is 13.8 Å². The Balaban J connectivity index is 2.53. The number of rotatable bonds is 2. The number of carbonyl (C=O) groups excluding carboxylic acids is 1. The number of aryl methyl sites for hydroxylation is 1. The fraction of sp³-hybridized carbons (Fsp3) is 0.167. The lowest BCUT2D eigenvalue weighted by Crippen LogP contribution is -2.07. The highest BCUT2D eigenvalue weighted by Crippen LogP contribution is 2.29. The lowest BCUT2D eigenvalue weighted by molar-refractivity contribution is -0.114. The topological polar surface area (TPSA) is 55.1 Å². The smallest absolute Gasteiger partial charge is 0.221 e. The highest BCUT2D eigenvalue weighted by molar-refractivity contribution is 5.94. The first-order valence-electron chi connectivity index (χ1n) is 4.96. The molecule has 0 atom stereocenters. The maximum Gasteiger partial charge on any atom is 0.221 e. The van der Waals surface area contributed by atoms with E-state index in [1.807, 2.05) is 25.1 Å². The fourth-order valence-corrected chi connectivity index (χ4v) is 1.64. The standard InChI is InChI=1S/C12H12N2O2/c1-8-4-3-5-10(13-9(2)15)12(8)11-6-7-16-14-11/h3-7H,1-2H3,(H,13,15). The van der Waals surface area contributed by atoms with Crippen LogP contribution < -0.4 is 5.32 Å². The Bertz CT molecular complexity index is 504. The highest BCUT2D eigenvalue weighted by atomic mass is 16.5. The minimum atomic E-state index is -0.102. The maximum absolute atomic E-state index is 11.1. The van der Waals surface area contributed by atoms with Gasteiger partial charge in [0.25, 0.3) is 0 Å². The zero-order valence-corrected chi connectivity index (χ0v) is 9.15. The minimum absolute atomic E-state index is 0.102. The first-order chi connectivity index (χ1) is 7.68. The lowest BCUT2D eigenvalue weighted by Gasteiger charge is -2.10. The summed E-state index contributed by atoms with van der Waals surface area (Å²) in [6.07, 6.45) is 1.51. The molecule has 16 heavy (non-hydrogen) atoms. The Kier molecular flexibility index (Phi) is 2.72. The minimum Gasteiger partial charge on any atom is -0.364 e. The summed E-state index contributed by atoms with van der Waals surface area (Å²) in [5.74, 6) is -0.102. The van der Waals surface area contributed by atoms with Gasteiger partial charge in [-0.25, -0.2) is 0 Å². The number of nitrogens with zero attached hydrogens (tertiary/aromatic N) is 1. The second kappa shape index (κ2) is 4.18. The molecule has 0 bridgehead atoms. The van der Waals surface area contributed by atoms with Crippen LogP contribution in [0, 0.1) is 6.92 Å². The summed E-state index contributed by atoms with van der Waals surface area (Å²) < 4.78 is 4.82. The molecule has 2 aromatic rings. The predicted octanol–water partition coefficient (Wildman–Crippen LogP) is 2.61. The first kappa shape index (κ1) is 10.4. The predicted molar refractivity (Wildman–Crippen MR) is 61.0 cm³/mol. The van der Waals surface area contributed by atoms with E-state index in [0.29, 0.717) is 0 Å². The van der Waals surface area contributed by atoms with Gasteiger partial charge in [0.15, 0.2) is 0 Å². The van der Waals surface area contributed by atoms with E-state index in [1.54, 1.807) is 6.07 Å². The Hall–Kier alpha value is -2.10. The number of aromatic nitrogens is 1. The van der Waals surface area contributed by atoms with Gasteiger partial charge in [0, 0.05) is 18.6 Å². The van der Waals surface area contributed by atoms with Crippen molar-refractivity contribution < 1.29 is 9.32 Å². The van der Waals surface area contributed by atoms with Crippen LogP contribution in [0.15, 0.2) is 35.1 Å². The Morgan fingerprint density at radius 1 is 1.38 bits per heavy atom. The molecule has 0 aliphatic heterocycles. The van der Waals surface area contributed by atoms with Crippen molar-refractivity contribution in [3.63, 3.8) is 0 Å². The number of anilines is 1. The fourth-order valence-electron chi connectivity index (χ4n) is 1.64. The molecular formula is C12H12N2O2. The SMILES string of the molecule is CC(=O)Nc1cccc(C)c1-c1ccon1. The third-order valence-corrected chi connectivity index (χ3v) is 2.28. The van der Waals surface area contributed by atoms with Crippen molar-refractivity contribution in [2.75, 3.05) is 5.32 Å². The molecule has 0 aliphatic carbocycles. The van der Waals surface area contributed by atoms with Gasteiger partial charge < -0.3 is 9.84 Å². The third-order valence-electron chi connectivity index (χ3n) is 2.28. The van der Waals surface area contributed by atoms with Gasteiger partial charge in [-0.05, 0) is 18.6 Å². The number of amides is 1. The summed E-state index contributed by atoms with van der Waals surface area (Å²) in [5.41, 5.74) is 3.41. The summed E-state index contributed by atoms with van der Waals surface area (Å²) >= 11 is 0. The zero-order valence-electron chi connectivity index (χ0n) is 9.15. The van der Waals surface area contributed by atoms with E-state index in [2.05, 4.69) is 10.5 Å². The van der Waals surface area contributed by atoms with Gasteiger partial charge in [0.1, 0.15) is 12.0 Å². The van der Waals surface area contributed by atoms with Crippen molar-refractivity contribution in [2.24, 2.45) is 0 Å². The molecule has 0 aliphatic rings. The highest BCUT2D eigenvalue weighted by Gasteiger charge is 2.11. The van der Waals surface area contributed by atoms with E-state index < -0.39 is 0 Å². The lowest BCUT2D eigenvalue weighted by atomic mass is 10.0. The van der Waals surface area contributed by atoms with Gasteiger partial charge in [-0.2, -0.15) is 0 Å². The van der Waals surface area contributed by atoms with Crippen LogP contribution in [0.1, 0.15) is 12.5 Å². The van der Waals surface area contributed by atoms with Gasteiger partial charge >= 0.3 is 0 Å². The van der Waals surface area contributed by atoms with E-state index in [9.17, 15) is 4.79 Å². The van der Waals surface area contributed by atoms with E-state index in [-0.39, 0.29) is 5.91 Å². The molecule has 1 heterocycles. The second-order valence-corrected chi connectivity index (χ2v) is 3.56. The van der Waals surface area contributed by atoms with E-state index >= 15 is 0 Å². The van der Waals surface area contributed by atoms with E-state index in [4.69, 9.17) is 4.52 Å². The third kappa shape index (κ3) is 1.95. The van der Waals surface area contributed by atoms with Crippen LogP contribution in [0.3, 0.4) is 0 Å². The number of hydrogen-bond acceptors (Lipinski definition) is 3. The molecular weight excluding hydrogens is 204 g/mol. The molecule has 4 heteroatoms. The van der Waals surface area contributed by atoms with Crippen LogP contribution in [0.25, 0.3) is 11.3 Å². The molecule has 0 fully saturated rings.